The second-order valence-electron chi connectivity index (χ2n) is 11.6. The summed E-state index contributed by atoms with van der Waals surface area (Å²) in [6, 6.07) is -0.655. The SMILES string of the molecule is CC(=O)[C@@H](CCCCNC(=O)CCCCOC1OC(CO)C(O)C(O)C1O)NC(=O)CCCCOC1O[C@H](CO)C(O)C(O)C1O. The smallest absolute Gasteiger partial charge is 0.220 e. The molecular weight excluding hydrogens is 616 g/mol. The van der Waals surface area contributed by atoms with Crippen LogP contribution in [-0.2, 0) is 33.3 Å². The van der Waals surface area contributed by atoms with Crippen molar-refractivity contribution in [1.82, 2.24) is 10.6 Å². The topological polar surface area (TPSA) is 274 Å². The van der Waals surface area contributed by atoms with E-state index in [1.807, 2.05) is 0 Å². The molecule has 0 aliphatic carbocycles. The van der Waals surface area contributed by atoms with E-state index in [1.54, 1.807) is 0 Å². The normalized spacial score (nSPS) is 32.1. The number of ether oxygens (including phenoxy) is 4. The molecule has 2 aliphatic rings. The lowest BCUT2D eigenvalue weighted by Crippen LogP contribution is -2.59. The fraction of sp³-hybridized carbons (Fsp3) is 0.897. The molecule has 46 heavy (non-hydrogen) atoms. The van der Waals surface area contributed by atoms with E-state index < -0.39 is 80.7 Å². The molecule has 0 aromatic rings. The zero-order chi connectivity index (χ0) is 34.2. The molecular formula is C29H52N2O15. The zero-order valence-electron chi connectivity index (χ0n) is 26.2. The molecule has 11 atom stereocenters. The number of hydrogen-bond donors (Lipinski definition) is 10. The Hall–Kier alpha value is -1.87. The van der Waals surface area contributed by atoms with Gasteiger partial charge < -0.3 is 70.4 Å². The molecule has 2 rings (SSSR count). The average Bonchev–Trinajstić information content (AvgIpc) is 3.03. The Morgan fingerprint density at radius 3 is 1.59 bits per heavy atom. The number of hydrogen-bond acceptors (Lipinski definition) is 15. The van der Waals surface area contributed by atoms with Crippen LogP contribution in [0.15, 0.2) is 0 Å². The predicted octanol–water partition coefficient (Wildman–Crippen LogP) is -3.68. The molecule has 0 aromatic heterocycles. The summed E-state index contributed by atoms with van der Waals surface area (Å²) in [6.07, 6.45) is -9.77. The maximum absolute atomic E-state index is 12.3. The Morgan fingerprint density at radius 2 is 1.13 bits per heavy atom. The average molecular weight is 669 g/mol. The van der Waals surface area contributed by atoms with Crippen LogP contribution in [0.4, 0.5) is 0 Å². The van der Waals surface area contributed by atoms with Crippen LogP contribution in [0.3, 0.4) is 0 Å². The van der Waals surface area contributed by atoms with Crippen molar-refractivity contribution in [3.8, 4) is 0 Å². The van der Waals surface area contributed by atoms with Crippen molar-refractivity contribution in [2.24, 2.45) is 0 Å². The number of unbranched alkanes of at least 4 members (excludes halogenated alkanes) is 3. The molecule has 2 aliphatic heterocycles. The van der Waals surface area contributed by atoms with Gasteiger partial charge in [-0.2, -0.15) is 0 Å². The molecule has 0 radical (unpaired) electrons. The molecule has 2 amide bonds. The third-order valence-corrected chi connectivity index (χ3v) is 7.93. The molecule has 0 saturated carbocycles. The number of nitrogens with one attached hydrogen (secondary N) is 2. The maximum atomic E-state index is 12.3. The van der Waals surface area contributed by atoms with E-state index >= 15 is 0 Å². The Morgan fingerprint density at radius 1 is 0.652 bits per heavy atom. The van der Waals surface area contributed by atoms with E-state index in [-0.39, 0.29) is 43.7 Å². The minimum absolute atomic E-state index is 0.0910. The fourth-order valence-electron chi connectivity index (χ4n) is 5.02. The number of carbonyl (C=O) groups excluding carboxylic acids is 3. The van der Waals surface area contributed by atoms with Gasteiger partial charge >= 0.3 is 0 Å². The number of rotatable bonds is 21. The van der Waals surface area contributed by atoms with Gasteiger partial charge in [-0.3, -0.25) is 14.4 Å². The quantitative estimate of drug-likeness (QED) is 0.0528. The van der Waals surface area contributed by atoms with Gasteiger partial charge in [0.1, 0.15) is 48.8 Å². The molecule has 0 spiro atoms. The van der Waals surface area contributed by atoms with Crippen molar-refractivity contribution >= 4 is 17.6 Å². The van der Waals surface area contributed by atoms with E-state index in [4.69, 9.17) is 18.9 Å². The number of amides is 2. The second-order valence-corrected chi connectivity index (χ2v) is 11.6. The van der Waals surface area contributed by atoms with Crippen LogP contribution in [0, 0.1) is 0 Å². The third-order valence-electron chi connectivity index (χ3n) is 7.93. The van der Waals surface area contributed by atoms with Crippen LogP contribution in [0.1, 0.15) is 64.7 Å². The first kappa shape index (κ1) is 40.3. The third kappa shape index (κ3) is 13.0. The minimum atomic E-state index is -1.53. The van der Waals surface area contributed by atoms with Gasteiger partial charge in [-0.05, 0) is 51.9 Å². The highest BCUT2D eigenvalue weighted by Crippen LogP contribution is 2.23. The van der Waals surface area contributed by atoms with Crippen molar-refractivity contribution in [1.29, 1.82) is 0 Å². The Kier molecular flexibility index (Phi) is 18.6. The first-order chi connectivity index (χ1) is 21.9. The molecule has 10 N–H and O–H groups in total. The van der Waals surface area contributed by atoms with Crippen molar-refractivity contribution in [3.63, 3.8) is 0 Å². The molecule has 9 unspecified atom stereocenters. The molecule has 0 aromatic carbocycles. The van der Waals surface area contributed by atoms with Crippen LogP contribution in [0.5, 0.6) is 0 Å². The monoisotopic (exact) mass is 668 g/mol. The van der Waals surface area contributed by atoms with E-state index in [1.165, 1.54) is 6.92 Å². The van der Waals surface area contributed by atoms with E-state index in [9.17, 15) is 55.2 Å². The lowest BCUT2D eigenvalue weighted by atomic mass is 9.99. The lowest BCUT2D eigenvalue weighted by Gasteiger charge is -2.39. The van der Waals surface area contributed by atoms with Crippen molar-refractivity contribution in [3.05, 3.63) is 0 Å². The second kappa shape index (κ2) is 21.2. The number of ketones is 1. The Labute approximate surface area is 267 Å². The fourth-order valence-corrected chi connectivity index (χ4v) is 5.02. The van der Waals surface area contributed by atoms with Gasteiger partial charge in [0.2, 0.25) is 11.8 Å². The zero-order valence-corrected chi connectivity index (χ0v) is 26.2. The number of Topliss-reactive ketones (excluding diaryl/α,β-unsaturated/α-hetero) is 1. The van der Waals surface area contributed by atoms with Gasteiger partial charge in [0.05, 0.1) is 19.3 Å². The van der Waals surface area contributed by atoms with Crippen molar-refractivity contribution in [2.45, 2.75) is 132 Å². The van der Waals surface area contributed by atoms with Crippen LogP contribution in [-0.4, -0.2) is 159 Å². The van der Waals surface area contributed by atoms with Gasteiger partial charge in [0.25, 0.3) is 0 Å². The highest BCUT2D eigenvalue weighted by atomic mass is 16.7. The largest absolute Gasteiger partial charge is 0.394 e. The van der Waals surface area contributed by atoms with Crippen LogP contribution in [0.25, 0.3) is 0 Å². The molecule has 17 nitrogen and oxygen atoms in total. The van der Waals surface area contributed by atoms with Crippen LogP contribution >= 0.6 is 0 Å². The summed E-state index contributed by atoms with van der Waals surface area (Å²) in [7, 11) is 0. The van der Waals surface area contributed by atoms with Gasteiger partial charge in [-0.15, -0.1) is 0 Å². The minimum Gasteiger partial charge on any atom is -0.394 e. The molecule has 0 bridgehead atoms. The van der Waals surface area contributed by atoms with E-state index in [2.05, 4.69) is 10.6 Å². The van der Waals surface area contributed by atoms with Gasteiger partial charge in [-0.25, -0.2) is 0 Å². The number of aliphatic hydroxyl groups excluding tert-OH is 8. The molecule has 17 heteroatoms. The summed E-state index contributed by atoms with van der Waals surface area (Å²) in [4.78, 5) is 36.5. The molecule has 2 fully saturated rings. The number of aliphatic hydroxyl groups is 8. The van der Waals surface area contributed by atoms with E-state index in [0.29, 0.717) is 51.5 Å². The number of carbonyl (C=O) groups is 3. The summed E-state index contributed by atoms with van der Waals surface area (Å²) in [5.74, 6) is -0.661. The first-order valence-corrected chi connectivity index (χ1v) is 15.8. The van der Waals surface area contributed by atoms with Crippen molar-refractivity contribution < 1.29 is 74.2 Å². The van der Waals surface area contributed by atoms with Crippen LogP contribution < -0.4 is 10.6 Å². The molecule has 2 saturated heterocycles. The van der Waals surface area contributed by atoms with Gasteiger partial charge in [0, 0.05) is 32.6 Å². The van der Waals surface area contributed by atoms with Crippen LogP contribution in [0.2, 0.25) is 0 Å². The lowest BCUT2D eigenvalue weighted by molar-refractivity contribution is -0.301. The van der Waals surface area contributed by atoms with Crippen molar-refractivity contribution in [2.75, 3.05) is 33.0 Å². The Balaban J connectivity index is 1.52. The first-order valence-electron chi connectivity index (χ1n) is 15.8. The van der Waals surface area contributed by atoms with E-state index in [0.717, 1.165) is 0 Å². The molecule has 2 heterocycles. The highest BCUT2D eigenvalue weighted by Gasteiger charge is 2.45. The maximum Gasteiger partial charge on any atom is 0.220 e. The summed E-state index contributed by atoms with van der Waals surface area (Å²) in [5.41, 5.74) is 0. The molecule has 268 valence electrons. The summed E-state index contributed by atoms with van der Waals surface area (Å²) >= 11 is 0. The van der Waals surface area contributed by atoms with Gasteiger partial charge in [0.15, 0.2) is 18.4 Å². The predicted molar refractivity (Wildman–Crippen MR) is 157 cm³/mol. The summed E-state index contributed by atoms with van der Waals surface area (Å²) in [6.45, 7) is 0.898. The summed E-state index contributed by atoms with van der Waals surface area (Å²) in [5, 5.41) is 83.1. The van der Waals surface area contributed by atoms with Gasteiger partial charge in [-0.1, -0.05) is 0 Å². The summed E-state index contributed by atoms with van der Waals surface area (Å²) < 4.78 is 21.3. The Bertz CT molecular complexity index is 910. The highest BCUT2D eigenvalue weighted by molar-refractivity contribution is 5.87. The standard InChI is InChI=1S/C29H52N2O15/c1-16(34)17(31-21(36)10-4-7-13-44-29-27(42)25(40)23(38)19(15-33)46-29)8-2-5-11-30-20(35)9-3-6-12-43-28-26(41)24(39)22(37)18(14-32)45-28/h17-19,22-29,32-33,37-42H,2-15H2,1H3,(H,30,35)(H,31,36)/t17-,18?,19-,22?,23?,24?,25?,26?,27?,28?,29?/m1/s1.